The number of rotatable bonds is 4. The first-order valence-corrected chi connectivity index (χ1v) is 11.1. The van der Waals surface area contributed by atoms with E-state index < -0.39 is 0 Å². The fraction of sp³-hybridized carbons (Fsp3) is 0.522. The Kier molecular flexibility index (Phi) is 6.15. The number of carbonyl (C=O) groups is 2. The monoisotopic (exact) mass is 423 g/mol. The van der Waals surface area contributed by atoms with Gasteiger partial charge in [0.1, 0.15) is 5.82 Å². The van der Waals surface area contributed by atoms with Crippen LogP contribution in [0.5, 0.6) is 0 Å². The number of nitrogens with zero attached hydrogens (tertiary/aromatic N) is 4. The molecule has 0 radical (unpaired) electrons. The second kappa shape index (κ2) is 8.99. The first-order chi connectivity index (χ1) is 15.0. The first kappa shape index (κ1) is 21.2. The molecule has 0 unspecified atom stereocenters. The van der Waals surface area contributed by atoms with Gasteiger partial charge in [0, 0.05) is 50.3 Å². The van der Waals surface area contributed by atoms with Crippen molar-refractivity contribution >= 4 is 11.8 Å². The van der Waals surface area contributed by atoms with Crippen LogP contribution in [0.4, 0.5) is 0 Å². The number of likely N-dealkylation sites (tertiary alicyclic amines) is 1. The summed E-state index contributed by atoms with van der Waals surface area (Å²) in [4.78, 5) is 53.3. The summed E-state index contributed by atoms with van der Waals surface area (Å²) >= 11 is 0. The number of hydrogen-bond acceptors (Lipinski definition) is 5. The summed E-state index contributed by atoms with van der Waals surface area (Å²) in [7, 11) is 0. The zero-order chi connectivity index (χ0) is 22.0. The molecule has 4 heterocycles. The SMILES string of the molecule is CC[C@@H](C)C(=O)N1CCC(c2nc3c(c(=O)[nH]2)CN(C(=O)c2cccnc2)CC3)CC1. The van der Waals surface area contributed by atoms with Crippen LogP contribution in [0.15, 0.2) is 29.3 Å². The minimum absolute atomic E-state index is 0.0514. The number of nitrogens with one attached hydrogen (secondary N) is 1. The van der Waals surface area contributed by atoms with E-state index in [1.165, 1.54) is 0 Å². The summed E-state index contributed by atoms with van der Waals surface area (Å²) in [5.41, 5.74) is 1.70. The molecule has 2 amide bonds. The minimum Gasteiger partial charge on any atom is -0.342 e. The van der Waals surface area contributed by atoms with Crippen LogP contribution in [0.3, 0.4) is 0 Å². The lowest BCUT2D eigenvalue weighted by molar-refractivity contribution is -0.136. The number of carbonyl (C=O) groups excluding carboxylic acids is 2. The summed E-state index contributed by atoms with van der Waals surface area (Å²) < 4.78 is 0. The van der Waals surface area contributed by atoms with E-state index in [9.17, 15) is 14.4 Å². The van der Waals surface area contributed by atoms with Gasteiger partial charge in [0.05, 0.1) is 23.4 Å². The Morgan fingerprint density at radius 3 is 2.68 bits per heavy atom. The number of piperidine rings is 1. The third kappa shape index (κ3) is 4.38. The van der Waals surface area contributed by atoms with Crippen LogP contribution in [-0.4, -0.2) is 56.2 Å². The molecule has 1 fully saturated rings. The molecule has 2 aliphatic heterocycles. The van der Waals surface area contributed by atoms with Gasteiger partial charge in [-0.05, 0) is 31.4 Å². The van der Waals surface area contributed by atoms with Crippen molar-refractivity contribution in [2.24, 2.45) is 5.92 Å². The van der Waals surface area contributed by atoms with Crippen molar-refractivity contribution < 1.29 is 9.59 Å². The minimum atomic E-state index is -0.165. The average Bonchev–Trinajstić information content (AvgIpc) is 2.83. The topological polar surface area (TPSA) is 99.3 Å². The summed E-state index contributed by atoms with van der Waals surface area (Å²) in [5, 5.41) is 0. The van der Waals surface area contributed by atoms with Crippen LogP contribution in [0.25, 0.3) is 0 Å². The first-order valence-electron chi connectivity index (χ1n) is 11.1. The predicted octanol–water partition coefficient (Wildman–Crippen LogP) is 2.12. The zero-order valence-electron chi connectivity index (χ0n) is 18.1. The van der Waals surface area contributed by atoms with Crippen molar-refractivity contribution in [1.29, 1.82) is 0 Å². The zero-order valence-corrected chi connectivity index (χ0v) is 18.1. The summed E-state index contributed by atoms with van der Waals surface area (Å²) in [6.07, 6.45) is 6.18. The Labute approximate surface area is 181 Å². The summed E-state index contributed by atoms with van der Waals surface area (Å²) in [5.74, 6) is 1.00. The summed E-state index contributed by atoms with van der Waals surface area (Å²) in [6, 6.07) is 3.46. The molecule has 0 saturated carbocycles. The fourth-order valence-electron chi connectivity index (χ4n) is 4.34. The van der Waals surface area contributed by atoms with Crippen molar-refractivity contribution in [3.63, 3.8) is 0 Å². The molecule has 1 N–H and O–H groups in total. The van der Waals surface area contributed by atoms with E-state index in [0.717, 1.165) is 25.0 Å². The van der Waals surface area contributed by atoms with Gasteiger partial charge in [-0.25, -0.2) is 4.98 Å². The molecule has 4 rings (SSSR count). The third-order valence-corrected chi connectivity index (χ3v) is 6.51. The van der Waals surface area contributed by atoms with E-state index in [2.05, 4.69) is 9.97 Å². The molecule has 164 valence electrons. The van der Waals surface area contributed by atoms with Crippen molar-refractivity contribution in [3.8, 4) is 0 Å². The Hall–Kier alpha value is -3.03. The lowest BCUT2D eigenvalue weighted by Crippen LogP contribution is -2.42. The quantitative estimate of drug-likeness (QED) is 0.812. The molecule has 0 spiro atoms. The van der Waals surface area contributed by atoms with Crippen molar-refractivity contribution in [2.45, 2.75) is 52.0 Å². The molecule has 0 aliphatic carbocycles. The highest BCUT2D eigenvalue weighted by atomic mass is 16.2. The third-order valence-electron chi connectivity index (χ3n) is 6.51. The predicted molar refractivity (Wildman–Crippen MR) is 116 cm³/mol. The van der Waals surface area contributed by atoms with Gasteiger partial charge in [-0.3, -0.25) is 19.4 Å². The molecule has 2 aliphatic rings. The molecular weight excluding hydrogens is 394 g/mol. The molecule has 0 bridgehead atoms. The number of aromatic nitrogens is 3. The highest BCUT2D eigenvalue weighted by Crippen LogP contribution is 2.27. The van der Waals surface area contributed by atoms with Crippen LogP contribution >= 0.6 is 0 Å². The average molecular weight is 424 g/mol. The highest BCUT2D eigenvalue weighted by molar-refractivity contribution is 5.94. The van der Waals surface area contributed by atoms with Gasteiger partial charge in [-0.2, -0.15) is 0 Å². The van der Waals surface area contributed by atoms with Crippen molar-refractivity contribution in [1.82, 2.24) is 24.8 Å². The van der Waals surface area contributed by atoms with Crippen molar-refractivity contribution in [3.05, 3.63) is 57.5 Å². The number of pyridine rings is 1. The maximum atomic E-state index is 12.8. The van der Waals surface area contributed by atoms with Gasteiger partial charge in [0.15, 0.2) is 0 Å². The second-order valence-electron chi connectivity index (χ2n) is 8.50. The lowest BCUT2D eigenvalue weighted by Gasteiger charge is -2.33. The Morgan fingerprint density at radius 2 is 2.00 bits per heavy atom. The molecule has 8 heteroatoms. The Morgan fingerprint density at radius 1 is 1.23 bits per heavy atom. The van der Waals surface area contributed by atoms with Gasteiger partial charge < -0.3 is 14.8 Å². The molecule has 2 aromatic rings. The lowest BCUT2D eigenvalue weighted by atomic mass is 9.94. The number of hydrogen-bond donors (Lipinski definition) is 1. The number of aromatic amines is 1. The number of H-pyrrole nitrogens is 1. The standard InChI is InChI=1S/C23H29N5O3/c1-3-15(2)22(30)27-10-6-16(7-11-27)20-25-19-8-12-28(14-18(19)21(29)26-20)23(31)17-5-4-9-24-13-17/h4-5,9,13,15-16H,3,6-8,10-12,14H2,1-2H3,(H,25,26,29)/t15-/m1/s1. The highest BCUT2D eigenvalue weighted by Gasteiger charge is 2.30. The van der Waals surface area contributed by atoms with Gasteiger partial charge in [-0.1, -0.05) is 13.8 Å². The Balaban J connectivity index is 1.45. The normalized spacial score (nSPS) is 17.9. The second-order valence-corrected chi connectivity index (χ2v) is 8.50. The number of amides is 2. The molecule has 1 atom stereocenters. The van der Waals surface area contributed by atoms with Gasteiger partial charge in [0.25, 0.3) is 11.5 Å². The smallest absolute Gasteiger partial charge is 0.256 e. The van der Waals surface area contributed by atoms with E-state index >= 15 is 0 Å². The maximum Gasteiger partial charge on any atom is 0.256 e. The van der Waals surface area contributed by atoms with Crippen molar-refractivity contribution in [2.75, 3.05) is 19.6 Å². The molecule has 31 heavy (non-hydrogen) atoms. The molecule has 8 nitrogen and oxygen atoms in total. The molecule has 2 aromatic heterocycles. The van der Waals surface area contributed by atoms with E-state index in [4.69, 9.17) is 4.98 Å². The molecular formula is C23H29N5O3. The van der Waals surface area contributed by atoms with Crippen LogP contribution in [0.1, 0.15) is 66.5 Å². The van der Waals surface area contributed by atoms with E-state index in [1.54, 1.807) is 29.4 Å². The Bertz CT molecular complexity index is 1010. The summed E-state index contributed by atoms with van der Waals surface area (Å²) in [6.45, 7) is 6.18. The van der Waals surface area contributed by atoms with Gasteiger partial charge in [-0.15, -0.1) is 0 Å². The van der Waals surface area contributed by atoms with E-state index in [-0.39, 0.29) is 35.8 Å². The van der Waals surface area contributed by atoms with Crippen LogP contribution < -0.4 is 5.56 Å². The van der Waals surface area contributed by atoms with Crippen LogP contribution in [0, 0.1) is 5.92 Å². The van der Waals surface area contributed by atoms with E-state index in [0.29, 0.717) is 43.0 Å². The van der Waals surface area contributed by atoms with Gasteiger partial charge in [0.2, 0.25) is 5.91 Å². The molecule has 0 aromatic carbocycles. The van der Waals surface area contributed by atoms with Crippen LogP contribution in [-0.2, 0) is 17.8 Å². The number of fused-ring (bicyclic) bond motifs is 1. The largest absolute Gasteiger partial charge is 0.342 e. The van der Waals surface area contributed by atoms with E-state index in [1.807, 2.05) is 18.7 Å². The maximum absolute atomic E-state index is 12.8. The molecule has 1 saturated heterocycles. The fourth-order valence-corrected chi connectivity index (χ4v) is 4.34. The van der Waals surface area contributed by atoms with Crippen LogP contribution in [0.2, 0.25) is 0 Å². The van der Waals surface area contributed by atoms with Gasteiger partial charge >= 0.3 is 0 Å².